The van der Waals surface area contributed by atoms with E-state index in [2.05, 4.69) is 0 Å². The molecule has 1 amide bonds. The van der Waals surface area contributed by atoms with Crippen molar-refractivity contribution in [2.75, 3.05) is 6.54 Å². The number of carboxylic acid groups (broad SMARTS) is 1. The quantitative estimate of drug-likeness (QED) is 0.592. The number of carbonyl (C=O) groups excluding carboxylic acids is 1. The van der Waals surface area contributed by atoms with Crippen LogP contribution in [-0.2, 0) is 11.2 Å². The van der Waals surface area contributed by atoms with Crippen molar-refractivity contribution < 1.29 is 28.6 Å². The third-order valence-electron chi connectivity index (χ3n) is 5.08. The number of alkyl halides is 2. The highest BCUT2D eigenvalue weighted by Crippen LogP contribution is 2.33. The number of nitrogens with zero attached hydrogens (tertiary/aromatic N) is 1. The summed E-state index contributed by atoms with van der Waals surface area (Å²) in [6.45, 7) is 0.453. The van der Waals surface area contributed by atoms with Gasteiger partial charge < -0.3 is 15.1 Å². The zero-order valence-electron chi connectivity index (χ0n) is 16.3. The smallest absolute Gasteiger partial charge is 0.345 e. The number of halogens is 2. The van der Waals surface area contributed by atoms with Crippen LogP contribution in [0.1, 0.15) is 45.8 Å². The first-order valence-corrected chi connectivity index (χ1v) is 10.6. The van der Waals surface area contributed by atoms with Gasteiger partial charge in [0, 0.05) is 24.3 Å². The van der Waals surface area contributed by atoms with E-state index in [1.54, 1.807) is 29.2 Å². The number of hydrogen-bond acceptors (Lipinski definition) is 4. The van der Waals surface area contributed by atoms with Gasteiger partial charge in [-0.2, -0.15) is 0 Å². The van der Waals surface area contributed by atoms with E-state index in [0.717, 1.165) is 4.88 Å². The average Bonchev–Trinajstić information content (AvgIpc) is 3.30. The van der Waals surface area contributed by atoms with Gasteiger partial charge in [-0.1, -0.05) is 18.2 Å². The number of carbonyl (C=O) groups is 2. The summed E-state index contributed by atoms with van der Waals surface area (Å²) in [5.41, 5.74) is 1.26. The number of thiophene rings is 1. The van der Waals surface area contributed by atoms with Crippen LogP contribution in [0.5, 0.6) is 5.75 Å². The second kappa shape index (κ2) is 9.84. The predicted octanol–water partition coefficient (Wildman–Crippen LogP) is 4.81. The van der Waals surface area contributed by atoms with E-state index in [4.69, 9.17) is 5.11 Å². The zero-order valence-corrected chi connectivity index (χ0v) is 17.1. The molecule has 2 heterocycles. The minimum absolute atomic E-state index is 0.0273. The number of aromatic carboxylic acids is 1. The molecule has 1 aliphatic rings. The Morgan fingerprint density at radius 3 is 2.77 bits per heavy atom. The van der Waals surface area contributed by atoms with Crippen molar-refractivity contribution in [1.82, 2.24) is 4.90 Å². The largest absolute Gasteiger partial charge is 0.508 e. The molecule has 8 heteroatoms. The second-order valence-electron chi connectivity index (χ2n) is 7.15. The Bertz CT molecular complexity index is 941. The monoisotopic (exact) mass is 435 g/mol. The van der Waals surface area contributed by atoms with Crippen LogP contribution < -0.4 is 0 Å². The zero-order chi connectivity index (χ0) is 21.7. The normalized spacial score (nSPS) is 17.2. The highest BCUT2D eigenvalue weighted by Gasteiger charge is 2.33. The maximum absolute atomic E-state index is 12.9. The molecule has 0 radical (unpaired) electrons. The molecular formula is C22H23F2NO4S. The lowest BCUT2D eigenvalue weighted by molar-refractivity contribution is -0.128. The first kappa shape index (κ1) is 22.0. The summed E-state index contributed by atoms with van der Waals surface area (Å²) in [5.74, 6) is -0.945. The van der Waals surface area contributed by atoms with Crippen molar-refractivity contribution in [2.24, 2.45) is 0 Å². The van der Waals surface area contributed by atoms with Gasteiger partial charge in [-0.15, -0.1) is 11.3 Å². The van der Waals surface area contributed by atoms with Crippen LogP contribution in [0, 0.1) is 0 Å². The van der Waals surface area contributed by atoms with Crippen LogP contribution >= 0.6 is 11.3 Å². The molecule has 1 aliphatic heterocycles. The summed E-state index contributed by atoms with van der Waals surface area (Å²) in [6.07, 6.45) is 0.708. The highest BCUT2D eigenvalue weighted by molar-refractivity contribution is 7.13. The molecule has 1 fully saturated rings. The first-order chi connectivity index (χ1) is 14.3. The number of carboxylic acids is 1. The van der Waals surface area contributed by atoms with Crippen molar-refractivity contribution in [3.8, 4) is 5.75 Å². The van der Waals surface area contributed by atoms with Gasteiger partial charge in [0.1, 0.15) is 10.6 Å². The number of amides is 1. The summed E-state index contributed by atoms with van der Waals surface area (Å²) < 4.78 is 25.8. The molecule has 1 saturated heterocycles. The number of aryl methyl sites for hydroxylation is 1. The van der Waals surface area contributed by atoms with Crippen molar-refractivity contribution in [3.05, 3.63) is 57.8 Å². The summed E-state index contributed by atoms with van der Waals surface area (Å²) in [7, 11) is 0. The van der Waals surface area contributed by atoms with Crippen LogP contribution in [0.2, 0.25) is 0 Å². The number of likely N-dealkylation sites (tertiary alicyclic amines) is 1. The SMILES string of the molecule is O=C(O)c1ccc(CCCN2C(=O)CC[C@@H]2C(=CCC(F)F)c2cccc(O)c2)s1. The van der Waals surface area contributed by atoms with Gasteiger partial charge in [0.2, 0.25) is 12.3 Å². The number of phenolic OH excluding ortho intramolecular Hbond substituents is 1. The molecule has 160 valence electrons. The topological polar surface area (TPSA) is 77.8 Å². The minimum Gasteiger partial charge on any atom is -0.508 e. The van der Waals surface area contributed by atoms with E-state index in [1.165, 1.54) is 29.5 Å². The van der Waals surface area contributed by atoms with Gasteiger partial charge in [-0.05, 0) is 54.7 Å². The highest BCUT2D eigenvalue weighted by atomic mass is 32.1. The maximum atomic E-state index is 12.9. The van der Waals surface area contributed by atoms with Crippen LogP contribution in [0.25, 0.3) is 5.57 Å². The number of aromatic hydroxyl groups is 1. The molecule has 30 heavy (non-hydrogen) atoms. The summed E-state index contributed by atoms with van der Waals surface area (Å²) in [5, 5.41) is 18.8. The average molecular weight is 435 g/mol. The van der Waals surface area contributed by atoms with Crippen LogP contribution in [0.4, 0.5) is 8.78 Å². The molecule has 0 aliphatic carbocycles. The molecule has 0 saturated carbocycles. The molecule has 1 aromatic heterocycles. The Hall–Kier alpha value is -2.74. The third-order valence-corrected chi connectivity index (χ3v) is 6.21. The van der Waals surface area contributed by atoms with Crippen LogP contribution in [0.3, 0.4) is 0 Å². The maximum Gasteiger partial charge on any atom is 0.345 e. The van der Waals surface area contributed by atoms with E-state index >= 15 is 0 Å². The molecule has 2 aromatic rings. The van der Waals surface area contributed by atoms with E-state index in [-0.39, 0.29) is 22.6 Å². The number of allylic oxidation sites excluding steroid dienone is 1. The van der Waals surface area contributed by atoms with Crippen molar-refractivity contribution in [2.45, 2.75) is 44.6 Å². The van der Waals surface area contributed by atoms with E-state index in [1.807, 2.05) is 0 Å². The van der Waals surface area contributed by atoms with Gasteiger partial charge in [-0.3, -0.25) is 4.79 Å². The lowest BCUT2D eigenvalue weighted by Crippen LogP contribution is -2.35. The van der Waals surface area contributed by atoms with E-state index in [0.29, 0.717) is 43.4 Å². The van der Waals surface area contributed by atoms with Crippen molar-refractivity contribution >= 4 is 28.8 Å². The van der Waals surface area contributed by atoms with Gasteiger partial charge in [0.05, 0.1) is 6.04 Å². The van der Waals surface area contributed by atoms with Crippen LogP contribution in [0.15, 0.2) is 42.5 Å². The second-order valence-corrected chi connectivity index (χ2v) is 8.32. The number of phenols is 1. The Labute approximate surface area is 177 Å². The molecular weight excluding hydrogens is 412 g/mol. The Morgan fingerprint density at radius 2 is 2.10 bits per heavy atom. The fourth-order valence-corrected chi connectivity index (χ4v) is 4.62. The molecule has 2 N–H and O–H groups in total. The van der Waals surface area contributed by atoms with Crippen LogP contribution in [-0.4, -0.2) is 46.0 Å². The summed E-state index contributed by atoms with van der Waals surface area (Å²) >= 11 is 1.22. The Kier molecular flexibility index (Phi) is 7.20. The van der Waals surface area contributed by atoms with Gasteiger partial charge >= 0.3 is 5.97 Å². The fraction of sp³-hybridized carbons (Fsp3) is 0.364. The Balaban J connectivity index is 1.74. The van der Waals surface area contributed by atoms with Gasteiger partial charge in [0.25, 0.3) is 0 Å². The van der Waals surface area contributed by atoms with E-state index in [9.17, 15) is 23.5 Å². The molecule has 0 spiro atoms. The minimum atomic E-state index is -2.50. The Morgan fingerprint density at radius 1 is 1.30 bits per heavy atom. The lowest BCUT2D eigenvalue weighted by atomic mass is 9.95. The van der Waals surface area contributed by atoms with Gasteiger partial charge in [-0.25, -0.2) is 13.6 Å². The standard InChI is InChI=1S/C22H23F2NO4S/c23-20(24)10-7-17(14-3-1-4-15(26)13-14)18-8-11-21(27)25(18)12-2-5-16-6-9-19(30-16)22(28)29/h1,3-4,6-7,9,13,18,20,26H,2,5,8,10-12H2,(H,28,29)/t18-/m1/s1. The van der Waals surface area contributed by atoms with Gasteiger partial charge in [0.15, 0.2) is 0 Å². The third kappa shape index (κ3) is 5.44. The van der Waals surface area contributed by atoms with Crippen molar-refractivity contribution in [1.29, 1.82) is 0 Å². The predicted molar refractivity (Wildman–Crippen MR) is 111 cm³/mol. The number of rotatable bonds is 9. The summed E-state index contributed by atoms with van der Waals surface area (Å²) in [4.78, 5) is 26.4. The number of hydrogen-bond donors (Lipinski definition) is 2. The van der Waals surface area contributed by atoms with E-state index < -0.39 is 18.8 Å². The molecule has 1 atom stereocenters. The number of benzene rings is 1. The van der Waals surface area contributed by atoms with Crippen molar-refractivity contribution in [3.63, 3.8) is 0 Å². The molecule has 0 bridgehead atoms. The fourth-order valence-electron chi connectivity index (χ4n) is 3.74. The summed E-state index contributed by atoms with van der Waals surface area (Å²) in [6, 6.07) is 9.46. The lowest BCUT2D eigenvalue weighted by Gasteiger charge is -2.28. The molecule has 3 rings (SSSR count). The molecule has 5 nitrogen and oxygen atoms in total. The first-order valence-electron chi connectivity index (χ1n) is 9.74. The molecule has 1 aromatic carbocycles. The molecule has 0 unspecified atom stereocenters.